The third-order valence-electron chi connectivity index (χ3n) is 2.97. The molecule has 7 heteroatoms. The van der Waals surface area contributed by atoms with Gasteiger partial charge in [0.2, 0.25) is 0 Å². The lowest BCUT2D eigenvalue weighted by atomic mass is 10.2. The molecule has 1 N–H and O–H groups in total. The standard InChI is InChI=1S/C14H13N5O2/c20-14(21-8-5-11-9-16-17-10-11)12-1-3-13(4-2-12)19-7-6-15-18-19/h1-4,6-7,9-10H,5,8H2,(H,16,17). The third-order valence-corrected chi connectivity index (χ3v) is 2.97. The Morgan fingerprint density at radius 3 is 2.81 bits per heavy atom. The fourth-order valence-corrected chi connectivity index (χ4v) is 1.86. The van der Waals surface area contributed by atoms with Gasteiger partial charge < -0.3 is 4.74 Å². The minimum Gasteiger partial charge on any atom is -0.462 e. The molecule has 0 fully saturated rings. The normalized spacial score (nSPS) is 10.5. The highest BCUT2D eigenvalue weighted by Crippen LogP contribution is 2.09. The molecule has 0 atom stereocenters. The Morgan fingerprint density at radius 1 is 1.29 bits per heavy atom. The van der Waals surface area contributed by atoms with Gasteiger partial charge in [-0.2, -0.15) is 5.10 Å². The summed E-state index contributed by atoms with van der Waals surface area (Å²) in [6, 6.07) is 7.00. The van der Waals surface area contributed by atoms with Crippen molar-refractivity contribution in [2.24, 2.45) is 0 Å². The molecule has 21 heavy (non-hydrogen) atoms. The summed E-state index contributed by atoms with van der Waals surface area (Å²) in [5.41, 5.74) is 2.35. The molecule has 1 aromatic carbocycles. The van der Waals surface area contributed by atoms with E-state index in [-0.39, 0.29) is 5.97 Å². The second-order valence-corrected chi connectivity index (χ2v) is 4.39. The fourth-order valence-electron chi connectivity index (χ4n) is 1.86. The molecule has 0 aliphatic heterocycles. The van der Waals surface area contributed by atoms with E-state index >= 15 is 0 Å². The third kappa shape index (κ3) is 3.14. The van der Waals surface area contributed by atoms with Crippen molar-refractivity contribution in [2.45, 2.75) is 6.42 Å². The Labute approximate surface area is 120 Å². The van der Waals surface area contributed by atoms with Crippen LogP contribution in [0.5, 0.6) is 0 Å². The lowest BCUT2D eigenvalue weighted by Gasteiger charge is -2.05. The molecule has 2 aromatic heterocycles. The van der Waals surface area contributed by atoms with Gasteiger partial charge in [-0.15, -0.1) is 5.10 Å². The number of nitrogens with zero attached hydrogens (tertiary/aromatic N) is 4. The van der Waals surface area contributed by atoms with E-state index in [0.29, 0.717) is 18.6 Å². The van der Waals surface area contributed by atoms with Crippen molar-refractivity contribution in [1.29, 1.82) is 0 Å². The molecule has 0 radical (unpaired) electrons. The zero-order valence-electron chi connectivity index (χ0n) is 11.1. The Bertz CT molecular complexity index is 690. The van der Waals surface area contributed by atoms with Crippen LogP contribution in [0.1, 0.15) is 15.9 Å². The van der Waals surface area contributed by atoms with Crippen LogP contribution in [-0.4, -0.2) is 37.8 Å². The smallest absolute Gasteiger partial charge is 0.338 e. The van der Waals surface area contributed by atoms with E-state index in [1.54, 1.807) is 53.7 Å². The number of carbonyl (C=O) groups is 1. The number of rotatable bonds is 5. The second-order valence-electron chi connectivity index (χ2n) is 4.39. The maximum atomic E-state index is 11.9. The highest BCUT2D eigenvalue weighted by Gasteiger charge is 2.07. The second kappa shape index (κ2) is 6.00. The van der Waals surface area contributed by atoms with Crippen LogP contribution in [0.15, 0.2) is 49.1 Å². The molecule has 0 aliphatic carbocycles. The van der Waals surface area contributed by atoms with Crippen LogP contribution in [0.2, 0.25) is 0 Å². The maximum absolute atomic E-state index is 11.9. The Hall–Kier alpha value is -2.96. The van der Waals surface area contributed by atoms with E-state index < -0.39 is 0 Å². The number of benzene rings is 1. The molecule has 2 heterocycles. The van der Waals surface area contributed by atoms with E-state index in [4.69, 9.17) is 4.74 Å². The van der Waals surface area contributed by atoms with Crippen molar-refractivity contribution < 1.29 is 9.53 Å². The zero-order chi connectivity index (χ0) is 14.5. The van der Waals surface area contributed by atoms with Gasteiger partial charge in [-0.05, 0) is 29.8 Å². The first-order valence-corrected chi connectivity index (χ1v) is 6.44. The van der Waals surface area contributed by atoms with Gasteiger partial charge in [0.1, 0.15) is 0 Å². The molecule has 0 bridgehead atoms. The van der Waals surface area contributed by atoms with Crippen molar-refractivity contribution in [1.82, 2.24) is 25.2 Å². The summed E-state index contributed by atoms with van der Waals surface area (Å²) in [6.07, 6.45) is 7.46. The Kier molecular flexibility index (Phi) is 3.72. The van der Waals surface area contributed by atoms with E-state index in [2.05, 4.69) is 20.5 Å². The molecule has 0 spiro atoms. The number of H-pyrrole nitrogens is 1. The van der Waals surface area contributed by atoms with Gasteiger partial charge >= 0.3 is 5.97 Å². The number of ether oxygens (including phenoxy) is 1. The maximum Gasteiger partial charge on any atom is 0.338 e. The summed E-state index contributed by atoms with van der Waals surface area (Å²) in [5, 5.41) is 14.2. The van der Waals surface area contributed by atoms with Crippen molar-refractivity contribution in [2.75, 3.05) is 6.61 Å². The minimum absolute atomic E-state index is 0.323. The predicted molar refractivity (Wildman–Crippen MR) is 73.9 cm³/mol. The van der Waals surface area contributed by atoms with Crippen LogP contribution in [0.3, 0.4) is 0 Å². The Morgan fingerprint density at radius 2 is 2.14 bits per heavy atom. The molecule has 3 rings (SSSR count). The van der Waals surface area contributed by atoms with Gasteiger partial charge in [-0.3, -0.25) is 5.10 Å². The molecule has 106 valence electrons. The topological polar surface area (TPSA) is 85.7 Å². The van der Waals surface area contributed by atoms with E-state index in [1.165, 1.54) is 0 Å². The van der Waals surface area contributed by atoms with Crippen molar-refractivity contribution in [3.63, 3.8) is 0 Å². The number of hydrogen-bond acceptors (Lipinski definition) is 5. The van der Waals surface area contributed by atoms with Gasteiger partial charge in [0, 0.05) is 12.6 Å². The van der Waals surface area contributed by atoms with Crippen molar-refractivity contribution >= 4 is 5.97 Å². The molecule has 0 amide bonds. The number of carbonyl (C=O) groups excluding carboxylic acids is 1. The molecular weight excluding hydrogens is 270 g/mol. The molecule has 7 nitrogen and oxygen atoms in total. The first-order chi connectivity index (χ1) is 10.3. The first kappa shape index (κ1) is 13.0. The average molecular weight is 283 g/mol. The fraction of sp³-hybridized carbons (Fsp3) is 0.143. The largest absolute Gasteiger partial charge is 0.462 e. The van der Waals surface area contributed by atoms with Crippen LogP contribution in [0, 0.1) is 0 Å². The summed E-state index contributed by atoms with van der Waals surface area (Å²) in [7, 11) is 0. The Balaban J connectivity index is 1.57. The van der Waals surface area contributed by atoms with Crippen LogP contribution in [-0.2, 0) is 11.2 Å². The highest BCUT2D eigenvalue weighted by molar-refractivity contribution is 5.89. The van der Waals surface area contributed by atoms with Gasteiger partial charge in [0.25, 0.3) is 0 Å². The summed E-state index contributed by atoms with van der Waals surface area (Å²) >= 11 is 0. The molecule has 0 unspecified atom stereocenters. The van der Waals surface area contributed by atoms with E-state index in [9.17, 15) is 4.79 Å². The summed E-state index contributed by atoms with van der Waals surface area (Å²) in [6.45, 7) is 0.323. The van der Waals surface area contributed by atoms with Gasteiger partial charge in [-0.25, -0.2) is 9.48 Å². The SMILES string of the molecule is O=C(OCCc1cn[nH]c1)c1ccc(-n2ccnn2)cc1. The highest BCUT2D eigenvalue weighted by atomic mass is 16.5. The number of nitrogens with one attached hydrogen (secondary N) is 1. The van der Waals surface area contributed by atoms with E-state index in [0.717, 1.165) is 11.3 Å². The summed E-state index contributed by atoms with van der Waals surface area (Å²) in [4.78, 5) is 11.9. The summed E-state index contributed by atoms with van der Waals surface area (Å²) < 4.78 is 6.84. The molecule has 3 aromatic rings. The molecule has 0 saturated heterocycles. The number of aromatic nitrogens is 5. The van der Waals surface area contributed by atoms with Crippen molar-refractivity contribution in [3.8, 4) is 5.69 Å². The average Bonchev–Trinajstić information content (AvgIpc) is 3.21. The molecular formula is C14H13N5O2. The van der Waals surface area contributed by atoms with E-state index in [1.807, 2.05) is 0 Å². The van der Waals surface area contributed by atoms with Crippen LogP contribution >= 0.6 is 0 Å². The lowest BCUT2D eigenvalue weighted by molar-refractivity contribution is 0.0509. The van der Waals surface area contributed by atoms with Gasteiger partial charge in [0.05, 0.1) is 36.4 Å². The quantitative estimate of drug-likeness (QED) is 0.715. The van der Waals surface area contributed by atoms with Gasteiger partial charge in [-0.1, -0.05) is 5.21 Å². The molecule has 0 aliphatic rings. The zero-order valence-corrected chi connectivity index (χ0v) is 11.1. The number of aromatic amines is 1. The lowest BCUT2D eigenvalue weighted by Crippen LogP contribution is -2.08. The van der Waals surface area contributed by atoms with Crippen LogP contribution < -0.4 is 0 Å². The summed E-state index contributed by atoms with van der Waals surface area (Å²) in [5.74, 6) is -0.344. The van der Waals surface area contributed by atoms with Crippen LogP contribution in [0.4, 0.5) is 0 Å². The van der Waals surface area contributed by atoms with Gasteiger partial charge in [0.15, 0.2) is 0 Å². The number of hydrogen-bond donors (Lipinski definition) is 1. The van der Waals surface area contributed by atoms with Crippen LogP contribution in [0.25, 0.3) is 5.69 Å². The molecule has 0 saturated carbocycles. The van der Waals surface area contributed by atoms with Crippen molar-refractivity contribution in [3.05, 3.63) is 60.2 Å². The minimum atomic E-state index is -0.344. The number of esters is 1. The first-order valence-electron chi connectivity index (χ1n) is 6.44. The predicted octanol–water partition coefficient (Wildman–Crippen LogP) is 1.39. The monoisotopic (exact) mass is 283 g/mol.